The van der Waals surface area contributed by atoms with Crippen LogP contribution in [0.1, 0.15) is 46.5 Å². The van der Waals surface area contributed by atoms with Gasteiger partial charge in [0.15, 0.2) is 17.3 Å². The molecule has 170 valence electrons. The molecule has 1 aromatic heterocycles. The number of hydrogen-bond donors (Lipinski definition) is 1. The number of ether oxygens (including phenoxy) is 2. The van der Waals surface area contributed by atoms with Gasteiger partial charge in [-0.1, -0.05) is 54.6 Å². The lowest BCUT2D eigenvalue weighted by Gasteiger charge is -2.13. The van der Waals surface area contributed by atoms with Crippen LogP contribution in [0.3, 0.4) is 0 Å². The highest BCUT2D eigenvalue weighted by molar-refractivity contribution is 8.19. The number of nitrogens with zero attached hydrogens (tertiary/aromatic N) is 2. The molecule has 1 aliphatic rings. The summed E-state index contributed by atoms with van der Waals surface area (Å²) in [6.45, 7) is 6.91. The summed E-state index contributed by atoms with van der Waals surface area (Å²) in [5, 5.41) is 18.3. The van der Waals surface area contributed by atoms with Crippen LogP contribution in [0.5, 0.6) is 11.5 Å². The number of aromatic nitrogens is 2. The van der Waals surface area contributed by atoms with Crippen molar-refractivity contribution in [2.24, 2.45) is 0 Å². The number of carbonyl (C=O) groups excluding carboxylic acids is 1. The number of allylic oxidation sites excluding steroid dienone is 1. The van der Waals surface area contributed by atoms with E-state index < -0.39 is 5.92 Å². The predicted octanol–water partition coefficient (Wildman–Crippen LogP) is 5.80. The van der Waals surface area contributed by atoms with Crippen LogP contribution >= 0.6 is 23.1 Å². The molecule has 0 radical (unpaired) electrons. The summed E-state index contributed by atoms with van der Waals surface area (Å²) in [6.07, 6.45) is 2.57. The van der Waals surface area contributed by atoms with E-state index in [-0.39, 0.29) is 10.8 Å². The van der Waals surface area contributed by atoms with E-state index in [1.807, 2.05) is 44.2 Å². The molecule has 2 aromatic carbocycles. The summed E-state index contributed by atoms with van der Waals surface area (Å²) in [5.41, 5.74) is 3.09. The zero-order valence-electron chi connectivity index (χ0n) is 18.8. The van der Waals surface area contributed by atoms with Gasteiger partial charge in [-0.05, 0) is 49.6 Å². The molecule has 6 nitrogen and oxygen atoms in total. The Morgan fingerprint density at radius 1 is 1.09 bits per heavy atom. The third kappa shape index (κ3) is 5.34. The van der Waals surface area contributed by atoms with Gasteiger partial charge in [-0.25, -0.2) is 0 Å². The molecule has 8 heteroatoms. The van der Waals surface area contributed by atoms with E-state index in [4.69, 9.17) is 14.9 Å². The van der Waals surface area contributed by atoms with Crippen molar-refractivity contribution in [2.75, 3.05) is 6.61 Å². The summed E-state index contributed by atoms with van der Waals surface area (Å²) < 4.78 is 11.8. The standard InChI is InChI=1S/C25H25N3O3S2/c1-4-21-27-28-25(33-21)22-23(29)20(32-24(22)26)13-16-9-10-18(19(12-16)30-5-2)31-14-17-8-6-7-15(3)11-17/h6-13,22,26H,4-5,14H2,1-3H3/b20-13-,26-24?/t22-/m1/s1. The van der Waals surface area contributed by atoms with Crippen molar-refractivity contribution < 1.29 is 14.3 Å². The number of ketones is 1. The van der Waals surface area contributed by atoms with Gasteiger partial charge in [0.1, 0.15) is 22.5 Å². The zero-order valence-corrected chi connectivity index (χ0v) is 20.4. The fourth-order valence-electron chi connectivity index (χ4n) is 3.46. The van der Waals surface area contributed by atoms with Crippen LogP contribution in [0.4, 0.5) is 0 Å². The van der Waals surface area contributed by atoms with Crippen molar-refractivity contribution in [3.8, 4) is 11.5 Å². The van der Waals surface area contributed by atoms with Gasteiger partial charge in [0, 0.05) is 0 Å². The SMILES string of the molecule is CCOc1cc(/C=C2\SC(=N)[C@H](c3nnc(CC)s3)C2=O)ccc1OCc1cccc(C)c1. The minimum atomic E-state index is -0.651. The largest absolute Gasteiger partial charge is 0.490 e. The van der Waals surface area contributed by atoms with Crippen molar-refractivity contribution >= 4 is 40.0 Å². The predicted molar refractivity (Wildman–Crippen MR) is 133 cm³/mol. The second kappa shape index (κ2) is 10.3. The lowest BCUT2D eigenvalue weighted by molar-refractivity contribution is -0.114. The van der Waals surface area contributed by atoms with E-state index in [0.29, 0.717) is 34.6 Å². The first-order valence-corrected chi connectivity index (χ1v) is 12.4. The molecule has 1 saturated heterocycles. The number of Topliss-reactive ketones (excluding diaryl/α,β-unsaturated/α-hetero) is 1. The number of benzene rings is 2. The summed E-state index contributed by atoms with van der Waals surface area (Å²) in [6, 6.07) is 13.8. The van der Waals surface area contributed by atoms with E-state index in [0.717, 1.165) is 22.6 Å². The molecule has 1 atom stereocenters. The normalized spacial score (nSPS) is 17.1. The molecule has 0 unspecified atom stereocenters. The highest BCUT2D eigenvalue weighted by atomic mass is 32.2. The average Bonchev–Trinajstić information content (AvgIpc) is 3.37. The highest BCUT2D eigenvalue weighted by Crippen LogP contribution is 2.42. The Balaban J connectivity index is 1.54. The van der Waals surface area contributed by atoms with Crippen molar-refractivity contribution in [3.63, 3.8) is 0 Å². The Morgan fingerprint density at radius 3 is 2.67 bits per heavy atom. The lowest BCUT2D eigenvalue weighted by atomic mass is 10.0. The van der Waals surface area contributed by atoms with Gasteiger partial charge in [0.05, 0.1) is 16.6 Å². The van der Waals surface area contributed by atoms with E-state index in [1.165, 1.54) is 28.7 Å². The highest BCUT2D eigenvalue weighted by Gasteiger charge is 2.39. The minimum absolute atomic E-state index is 0.110. The first kappa shape index (κ1) is 23.2. The number of nitrogens with one attached hydrogen (secondary N) is 1. The summed E-state index contributed by atoms with van der Waals surface area (Å²) >= 11 is 2.58. The molecule has 0 saturated carbocycles. The molecule has 4 rings (SSSR count). The van der Waals surface area contributed by atoms with Crippen molar-refractivity contribution in [2.45, 2.75) is 39.7 Å². The Morgan fingerprint density at radius 2 is 1.94 bits per heavy atom. The van der Waals surface area contributed by atoms with E-state index >= 15 is 0 Å². The molecule has 2 heterocycles. The van der Waals surface area contributed by atoms with Crippen LogP contribution in [0.15, 0.2) is 47.4 Å². The first-order valence-electron chi connectivity index (χ1n) is 10.8. The number of thioether (sulfide) groups is 1. The van der Waals surface area contributed by atoms with Crippen LogP contribution in [0.2, 0.25) is 0 Å². The van der Waals surface area contributed by atoms with Crippen molar-refractivity contribution in [1.82, 2.24) is 10.2 Å². The molecular weight excluding hydrogens is 454 g/mol. The van der Waals surface area contributed by atoms with Crippen molar-refractivity contribution in [1.29, 1.82) is 5.41 Å². The molecule has 0 bridgehead atoms. The quantitative estimate of drug-likeness (QED) is 0.411. The Hall–Kier alpha value is -2.97. The number of rotatable bonds is 8. The number of carbonyl (C=O) groups is 1. The number of hydrogen-bond acceptors (Lipinski definition) is 8. The smallest absolute Gasteiger partial charge is 0.186 e. The molecule has 0 aliphatic carbocycles. The molecule has 33 heavy (non-hydrogen) atoms. The molecule has 3 aromatic rings. The maximum absolute atomic E-state index is 13.0. The first-order chi connectivity index (χ1) is 16.0. The Bertz CT molecular complexity index is 1220. The second-order valence-corrected chi connectivity index (χ2v) is 9.75. The maximum Gasteiger partial charge on any atom is 0.186 e. The van der Waals surface area contributed by atoms with Gasteiger partial charge in [-0.15, -0.1) is 21.5 Å². The Kier molecular flexibility index (Phi) is 7.25. The van der Waals surface area contributed by atoms with Crippen LogP contribution in [-0.4, -0.2) is 27.6 Å². The van der Waals surface area contributed by atoms with Crippen LogP contribution in [0.25, 0.3) is 6.08 Å². The van der Waals surface area contributed by atoms with Gasteiger partial charge in [0.25, 0.3) is 0 Å². The third-order valence-electron chi connectivity index (χ3n) is 5.06. The van der Waals surface area contributed by atoms with E-state index in [2.05, 4.69) is 29.3 Å². The summed E-state index contributed by atoms with van der Waals surface area (Å²) in [5.74, 6) is 0.514. The Labute approximate surface area is 201 Å². The summed E-state index contributed by atoms with van der Waals surface area (Å²) in [7, 11) is 0. The topological polar surface area (TPSA) is 85.2 Å². The second-order valence-electron chi connectivity index (χ2n) is 7.58. The number of aryl methyl sites for hydroxylation is 2. The monoisotopic (exact) mass is 479 g/mol. The fourth-order valence-corrected chi connectivity index (χ4v) is 5.41. The zero-order chi connectivity index (χ0) is 23.4. The maximum atomic E-state index is 13.0. The summed E-state index contributed by atoms with van der Waals surface area (Å²) in [4.78, 5) is 13.6. The van der Waals surface area contributed by atoms with Gasteiger partial charge in [0.2, 0.25) is 0 Å². The van der Waals surface area contributed by atoms with Crippen LogP contribution < -0.4 is 9.47 Å². The van der Waals surface area contributed by atoms with Gasteiger partial charge >= 0.3 is 0 Å². The molecule has 0 spiro atoms. The minimum Gasteiger partial charge on any atom is -0.490 e. The van der Waals surface area contributed by atoms with Gasteiger partial charge in [-0.3, -0.25) is 10.2 Å². The van der Waals surface area contributed by atoms with Crippen LogP contribution in [0, 0.1) is 12.3 Å². The molecule has 1 aliphatic heterocycles. The van der Waals surface area contributed by atoms with Crippen molar-refractivity contribution in [3.05, 3.63) is 74.1 Å². The average molecular weight is 480 g/mol. The van der Waals surface area contributed by atoms with E-state index in [9.17, 15) is 4.79 Å². The van der Waals surface area contributed by atoms with Gasteiger partial charge in [-0.2, -0.15) is 0 Å². The van der Waals surface area contributed by atoms with E-state index in [1.54, 1.807) is 6.08 Å². The lowest BCUT2D eigenvalue weighted by Crippen LogP contribution is -2.11. The van der Waals surface area contributed by atoms with Crippen LogP contribution in [-0.2, 0) is 17.8 Å². The molecule has 1 fully saturated rings. The third-order valence-corrected chi connectivity index (χ3v) is 7.19. The molecular formula is C25H25N3O3S2. The molecule has 0 amide bonds. The fraction of sp³-hybridized carbons (Fsp3) is 0.280. The molecule has 1 N–H and O–H groups in total. The van der Waals surface area contributed by atoms with Gasteiger partial charge < -0.3 is 9.47 Å².